The second-order valence-electron chi connectivity index (χ2n) is 6.36. The first-order valence-electron chi connectivity index (χ1n) is 8.16. The second-order valence-corrected chi connectivity index (χ2v) is 6.36. The molecule has 0 aliphatic carbocycles. The van der Waals surface area contributed by atoms with Crippen LogP contribution in [0.3, 0.4) is 0 Å². The predicted molar refractivity (Wildman–Crippen MR) is 86.3 cm³/mol. The number of rotatable bonds is 3. The zero-order chi connectivity index (χ0) is 17.4. The van der Waals surface area contributed by atoms with Crippen molar-refractivity contribution in [2.45, 2.75) is 31.6 Å². The molecule has 1 N–H and O–H groups in total. The summed E-state index contributed by atoms with van der Waals surface area (Å²) in [4.78, 5) is 14.1. The fourth-order valence-corrected chi connectivity index (χ4v) is 3.54. The van der Waals surface area contributed by atoms with Crippen LogP contribution in [-0.2, 0) is 23.5 Å². The molecule has 25 heavy (non-hydrogen) atoms. The Labute approximate surface area is 143 Å². The highest BCUT2D eigenvalue weighted by atomic mass is 19.3. The molecule has 2 aromatic rings. The highest BCUT2D eigenvalue weighted by Crippen LogP contribution is 2.43. The molecule has 0 bridgehead atoms. The van der Waals surface area contributed by atoms with Gasteiger partial charge in [-0.1, -0.05) is 24.3 Å². The lowest BCUT2D eigenvalue weighted by Gasteiger charge is -2.24. The van der Waals surface area contributed by atoms with Gasteiger partial charge in [0.05, 0.1) is 13.2 Å². The van der Waals surface area contributed by atoms with Gasteiger partial charge in [-0.25, -0.2) is 13.6 Å². The van der Waals surface area contributed by atoms with E-state index in [0.717, 1.165) is 22.2 Å². The normalized spacial score (nSPS) is 22.0. The largest absolute Gasteiger partial charge is 0.364 e. The van der Waals surface area contributed by atoms with E-state index in [0.29, 0.717) is 19.7 Å². The van der Waals surface area contributed by atoms with E-state index in [1.54, 1.807) is 4.90 Å². The van der Waals surface area contributed by atoms with Crippen molar-refractivity contribution in [3.05, 3.63) is 47.7 Å². The van der Waals surface area contributed by atoms with Crippen LogP contribution >= 0.6 is 0 Å². The van der Waals surface area contributed by atoms with Crippen molar-refractivity contribution >= 4 is 11.8 Å². The Balaban J connectivity index is 1.42. The van der Waals surface area contributed by atoms with Crippen molar-refractivity contribution in [1.82, 2.24) is 14.7 Å². The Kier molecular flexibility index (Phi) is 3.91. The minimum atomic E-state index is -2.48. The molecule has 1 aromatic carbocycles. The summed E-state index contributed by atoms with van der Waals surface area (Å²) in [6, 6.07) is 9.27. The van der Waals surface area contributed by atoms with Crippen LogP contribution in [0.5, 0.6) is 0 Å². The Hall–Kier alpha value is -2.48. The van der Waals surface area contributed by atoms with Crippen molar-refractivity contribution in [3.63, 3.8) is 0 Å². The van der Waals surface area contributed by atoms with Crippen LogP contribution in [0.2, 0.25) is 0 Å². The van der Waals surface area contributed by atoms with Gasteiger partial charge in [0.2, 0.25) is 0 Å². The maximum Gasteiger partial charge on any atom is 0.323 e. The number of hydrogen-bond donors (Lipinski definition) is 1. The average Bonchev–Trinajstić information content (AvgIpc) is 3.29. The van der Waals surface area contributed by atoms with Crippen LogP contribution < -0.4 is 5.32 Å². The number of ether oxygens (including phenoxy) is 1. The van der Waals surface area contributed by atoms with Crippen molar-refractivity contribution in [3.8, 4) is 0 Å². The number of halogens is 2. The number of nitrogens with zero attached hydrogens (tertiary/aromatic N) is 3. The van der Waals surface area contributed by atoms with Gasteiger partial charge in [-0.3, -0.25) is 10.00 Å². The average molecular weight is 348 g/mol. The minimum Gasteiger partial charge on any atom is -0.364 e. The van der Waals surface area contributed by atoms with Crippen molar-refractivity contribution < 1.29 is 18.3 Å². The standard InChI is InChI=1S/C17H18F2N4O2/c18-14(19)9-23-7-5-15(21-23)20-16(24)22-8-6-17(11-22)13-4-2-1-3-12(13)10-25-17/h1-5,7,14H,6,8-11H2,(H,20,21,24). The van der Waals surface area contributed by atoms with E-state index in [1.165, 1.54) is 12.3 Å². The number of fused-ring (bicyclic) bond motifs is 2. The zero-order valence-electron chi connectivity index (χ0n) is 13.5. The number of amides is 2. The Morgan fingerprint density at radius 2 is 2.20 bits per heavy atom. The number of benzene rings is 1. The van der Waals surface area contributed by atoms with Gasteiger partial charge < -0.3 is 9.64 Å². The molecule has 1 spiro atoms. The summed E-state index contributed by atoms with van der Waals surface area (Å²) in [5, 5.41) is 6.60. The molecule has 2 aliphatic rings. The zero-order valence-corrected chi connectivity index (χ0v) is 13.5. The fraction of sp³-hybridized carbons (Fsp3) is 0.412. The number of hydrogen-bond acceptors (Lipinski definition) is 3. The molecule has 2 aliphatic heterocycles. The van der Waals surface area contributed by atoms with Crippen molar-refractivity contribution in [2.75, 3.05) is 18.4 Å². The number of carbonyl (C=O) groups is 1. The van der Waals surface area contributed by atoms with E-state index in [2.05, 4.69) is 16.5 Å². The summed E-state index contributed by atoms with van der Waals surface area (Å²) in [7, 11) is 0. The van der Waals surface area contributed by atoms with E-state index in [9.17, 15) is 13.6 Å². The van der Waals surface area contributed by atoms with E-state index in [4.69, 9.17) is 4.74 Å². The number of nitrogens with one attached hydrogen (secondary N) is 1. The lowest BCUT2D eigenvalue weighted by Crippen LogP contribution is -2.37. The van der Waals surface area contributed by atoms with Gasteiger partial charge in [-0.05, 0) is 11.1 Å². The molecular formula is C17H18F2N4O2. The highest BCUT2D eigenvalue weighted by molar-refractivity contribution is 5.88. The van der Waals surface area contributed by atoms with E-state index in [1.807, 2.05) is 18.2 Å². The molecule has 1 fully saturated rings. The molecule has 1 unspecified atom stereocenters. The van der Waals surface area contributed by atoms with Gasteiger partial charge in [0.25, 0.3) is 6.43 Å². The van der Waals surface area contributed by atoms with Gasteiger partial charge in [0.15, 0.2) is 5.82 Å². The highest BCUT2D eigenvalue weighted by Gasteiger charge is 2.46. The van der Waals surface area contributed by atoms with Gasteiger partial charge in [-0.2, -0.15) is 5.10 Å². The van der Waals surface area contributed by atoms with Crippen LogP contribution in [0.25, 0.3) is 0 Å². The molecule has 1 aromatic heterocycles. The lowest BCUT2D eigenvalue weighted by molar-refractivity contribution is -0.0269. The lowest BCUT2D eigenvalue weighted by atomic mass is 9.92. The maximum absolute atomic E-state index is 12.5. The number of aromatic nitrogens is 2. The molecule has 3 heterocycles. The molecule has 6 nitrogen and oxygen atoms in total. The molecule has 0 saturated carbocycles. The van der Waals surface area contributed by atoms with Crippen LogP contribution in [0.1, 0.15) is 17.5 Å². The molecule has 1 atom stereocenters. The number of carbonyl (C=O) groups excluding carboxylic acids is 1. The van der Waals surface area contributed by atoms with E-state index in [-0.39, 0.29) is 11.8 Å². The Morgan fingerprint density at radius 3 is 3.04 bits per heavy atom. The summed E-state index contributed by atoms with van der Waals surface area (Å²) >= 11 is 0. The van der Waals surface area contributed by atoms with Crippen LogP contribution in [0.4, 0.5) is 19.4 Å². The molecule has 8 heteroatoms. The quantitative estimate of drug-likeness (QED) is 0.928. The van der Waals surface area contributed by atoms with Crippen LogP contribution in [-0.4, -0.2) is 40.2 Å². The number of urea groups is 1. The second kappa shape index (κ2) is 6.11. The molecule has 4 rings (SSSR count). The summed E-state index contributed by atoms with van der Waals surface area (Å²) in [5.41, 5.74) is 1.87. The molecule has 0 radical (unpaired) electrons. The predicted octanol–water partition coefficient (Wildman–Crippen LogP) is 2.81. The third kappa shape index (κ3) is 2.97. The summed E-state index contributed by atoms with van der Waals surface area (Å²) < 4.78 is 31.9. The SMILES string of the molecule is O=C(Nc1ccn(CC(F)F)n1)N1CCC2(C1)OCc1ccccc12. The summed E-state index contributed by atoms with van der Waals surface area (Å²) in [5.74, 6) is 0.263. The first-order chi connectivity index (χ1) is 12.1. The smallest absolute Gasteiger partial charge is 0.323 e. The van der Waals surface area contributed by atoms with E-state index >= 15 is 0 Å². The molecule has 1 saturated heterocycles. The van der Waals surface area contributed by atoms with Gasteiger partial charge in [0, 0.05) is 25.2 Å². The Morgan fingerprint density at radius 1 is 1.36 bits per heavy atom. The minimum absolute atomic E-state index is 0.263. The van der Waals surface area contributed by atoms with Gasteiger partial charge in [-0.15, -0.1) is 0 Å². The monoisotopic (exact) mass is 348 g/mol. The molecule has 2 amide bonds. The fourth-order valence-electron chi connectivity index (χ4n) is 3.54. The summed E-state index contributed by atoms with van der Waals surface area (Å²) in [6.07, 6.45) is -0.331. The van der Waals surface area contributed by atoms with Crippen LogP contribution in [0.15, 0.2) is 36.5 Å². The number of likely N-dealkylation sites (tertiary alicyclic amines) is 1. The number of alkyl halides is 2. The first kappa shape index (κ1) is 16.0. The third-order valence-corrected chi connectivity index (χ3v) is 4.73. The van der Waals surface area contributed by atoms with Crippen molar-refractivity contribution in [2.24, 2.45) is 0 Å². The van der Waals surface area contributed by atoms with Crippen LogP contribution in [0, 0.1) is 0 Å². The number of anilines is 1. The molecule has 132 valence electrons. The first-order valence-corrected chi connectivity index (χ1v) is 8.16. The maximum atomic E-state index is 12.5. The van der Waals surface area contributed by atoms with Crippen molar-refractivity contribution in [1.29, 1.82) is 0 Å². The van der Waals surface area contributed by atoms with Gasteiger partial charge >= 0.3 is 6.03 Å². The Bertz CT molecular complexity index is 794. The summed E-state index contributed by atoms with van der Waals surface area (Å²) in [6.45, 7) is 1.10. The third-order valence-electron chi connectivity index (χ3n) is 4.73. The topological polar surface area (TPSA) is 59.4 Å². The molecular weight excluding hydrogens is 330 g/mol. The van der Waals surface area contributed by atoms with E-state index < -0.39 is 18.6 Å². The van der Waals surface area contributed by atoms with Gasteiger partial charge in [0.1, 0.15) is 12.1 Å².